The molecule has 88 valence electrons. The molecule has 0 bridgehead atoms. The van der Waals surface area contributed by atoms with Gasteiger partial charge in [0.05, 0.1) is 16.4 Å². The quantitative estimate of drug-likeness (QED) is 0.808. The van der Waals surface area contributed by atoms with Crippen LogP contribution in [0.5, 0.6) is 0 Å². The van der Waals surface area contributed by atoms with Gasteiger partial charge in [-0.1, -0.05) is 47.5 Å². The predicted octanol–water partition coefficient (Wildman–Crippen LogP) is 3.84. The third-order valence-electron chi connectivity index (χ3n) is 2.64. The molecule has 0 fully saturated rings. The molecule has 2 nitrogen and oxygen atoms in total. The number of anilines is 2. The molecule has 3 N–H and O–H groups in total. The van der Waals surface area contributed by atoms with Crippen LogP contribution >= 0.6 is 11.6 Å². The molecular weight excluding hydrogens is 232 g/mol. The number of rotatable bonds is 3. The van der Waals surface area contributed by atoms with Crippen LogP contribution in [0.4, 0.5) is 11.4 Å². The van der Waals surface area contributed by atoms with Gasteiger partial charge in [0.25, 0.3) is 0 Å². The number of hydrogen-bond donors (Lipinski definition) is 2. The Kier molecular flexibility index (Phi) is 3.55. The Bertz CT molecular complexity index is 486. The van der Waals surface area contributed by atoms with E-state index >= 15 is 0 Å². The third-order valence-corrected chi connectivity index (χ3v) is 2.95. The largest absolute Gasteiger partial charge is 0.397 e. The van der Waals surface area contributed by atoms with E-state index in [0.29, 0.717) is 17.3 Å². The molecule has 17 heavy (non-hydrogen) atoms. The van der Waals surface area contributed by atoms with Crippen LogP contribution in [0.3, 0.4) is 0 Å². The summed E-state index contributed by atoms with van der Waals surface area (Å²) in [6.07, 6.45) is 0. The van der Waals surface area contributed by atoms with Gasteiger partial charge in [0.1, 0.15) is 0 Å². The number of halogens is 1. The molecule has 0 spiro atoms. The third kappa shape index (κ3) is 2.92. The molecule has 3 heteroatoms. The molecule has 0 aliphatic carbocycles. The van der Waals surface area contributed by atoms with Crippen molar-refractivity contribution in [3.8, 4) is 0 Å². The van der Waals surface area contributed by atoms with E-state index in [2.05, 4.69) is 36.5 Å². The van der Waals surface area contributed by atoms with E-state index in [1.165, 1.54) is 11.1 Å². The average Bonchev–Trinajstić information content (AvgIpc) is 2.31. The summed E-state index contributed by atoms with van der Waals surface area (Å²) in [7, 11) is 0. The molecule has 0 unspecified atom stereocenters. The minimum atomic E-state index is 0.650. The Hall–Kier alpha value is -1.67. The first-order valence-corrected chi connectivity index (χ1v) is 5.88. The van der Waals surface area contributed by atoms with Gasteiger partial charge < -0.3 is 11.1 Å². The summed E-state index contributed by atoms with van der Waals surface area (Å²) >= 11 is 6.08. The molecule has 0 atom stereocenters. The number of nitrogen functional groups attached to an aromatic ring is 1. The number of nitrogens with two attached hydrogens (primary N) is 1. The number of aryl methyl sites for hydroxylation is 1. The minimum absolute atomic E-state index is 0.650. The van der Waals surface area contributed by atoms with Gasteiger partial charge in [-0.25, -0.2) is 0 Å². The van der Waals surface area contributed by atoms with Crippen LogP contribution in [-0.2, 0) is 6.54 Å². The molecule has 2 rings (SSSR count). The fraction of sp³-hybridized carbons (Fsp3) is 0.143. The fourth-order valence-electron chi connectivity index (χ4n) is 1.62. The summed E-state index contributed by atoms with van der Waals surface area (Å²) in [6, 6.07) is 13.9. The molecule has 0 amide bonds. The lowest BCUT2D eigenvalue weighted by Gasteiger charge is -2.11. The summed E-state index contributed by atoms with van der Waals surface area (Å²) in [6.45, 7) is 2.79. The summed E-state index contributed by atoms with van der Waals surface area (Å²) in [4.78, 5) is 0. The topological polar surface area (TPSA) is 38.0 Å². The van der Waals surface area contributed by atoms with Crippen molar-refractivity contribution in [1.29, 1.82) is 0 Å². The summed E-state index contributed by atoms with van der Waals surface area (Å²) in [5, 5.41) is 3.91. The fourth-order valence-corrected chi connectivity index (χ4v) is 1.87. The highest BCUT2D eigenvalue weighted by atomic mass is 35.5. The first kappa shape index (κ1) is 11.8. The summed E-state index contributed by atoms with van der Waals surface area (Å²) < 4.78 is 0. The predicted molar refractivity (Wildman–Crippen MR) is 74.4 cm³/mol. The normalized spacial score (nSPS) is 10.2. The van der Waals surface area contributed by atoms with Crippen LogP contribution in [0.1, 0.15) is 11.1 Å². The second kappa shape index (κ2) is 5.11. The molecule has 0 aliphatic heterocycles. The molecule has 0 aliphatic rings. The molecule has 0 saturated carbocycles. The van der Waals surface area contributed by atoms with Gasteiger partial charge in [-0.2, -0.15) is 0 Å². The van der Waals surface area contributed by atoms with E-state index in [4.69, 9.17) is 17.3 Å². The van der Waals surface area contributed by atoms with Gasteiger partial charge in [0.2, 0.25) is 0 Å². The van der Waals surface area contributed by atoms with Gasteiger partial charge in [-0.05, 0) is 24.6 Å². The Balaban J connectivity index is 2.10. The molecule has 0 radical (unpaired) electrons. The number of para-hydroxylation sites is 1. The zero-order valence-electron chi connectivity index (χ0n) is 9.70. The zero-order chi connectivity index (χ0) is 12.3. The first-order valence-electron chi connectivity index (χ1n) is 5.50. The van der Waals surface area contributed by atoms with Crippen LogP contribution < -0.4 is 11.1 Å². The highest BCUT2D eigenvalue weighted by molar-refractivity contribution is 6.33. The van der Waals surface area contributed by atoms with Crippen molar-refractivity contribution in [2.45, 2.75) is 13.5 Å². The Morgan fingerprint density at radius 3 is 2.47 bits per heavy atom. The van der Waals surface area contributed by atoms with E-state index in [1.807, 2.05) is 18.2 Å². The smallest absolute Gasteiger partial charge is 0.0765 e. The average molecular weight is 247 g/mol. The van der Waals surface area contributed by atoms with Crippen LogP contribution in [0.15, 0.2) is 42.5 Å². The van der Waals surface area contributed by atoms with Crippen LogP contribution in [0.25, 0.3) is 0 Å². The maximum atomic E-state index is 6.08. The van der Waals surface area contributed by atoms with Gasteiger partial charge in [-0.15, -0.1) is 0 Å². The van der Waals surface area contributed by atoms with Crippen molar-refractivity contribution in [3.63, 3.8) is 0 Å². The van der Waals surface area contributed by atoms with E-state index in [0.717, 1.165) is 5.69 Å². The molecule has 0 heterocycles. The van der Waals surface area contributed by atoms with Crippen molar-refractivity contribution in [2.24, 2.45) is 0 Å². The van der Waals surface area contributed by atoms with Crippen molar-refractivity contribution >= 4 is 23.0 Å². The van der Waals surface area contributed by atoms with Gasteiger partial charge >= 0.3 is 0 Å². The monoisotopic (exact) mass is 246 g/mol. The zero-order valence-corrected chi connectivity index (χ0v) is 10.5. The lowest BCUT2D eigenvalue weighted by Crippen LogP contribution is -2.03. The molecule has 2 aromatic rings. The van der Waals surface area contributed by atoms with E-state index in [1.54, 1.807) is 0 Å². The maximum absolute atomic E-state index is 6.08. The van der Waals surface area contributed by atoms with Crippen LogP contribution in [-0.4, -0.2) is 0 Å². The maximum Gasteiger partial charge on any atom is 0.0765 e. The van der Waals surface area contributed by atoms with Crippen molar-refractivity contribution in [3.05, 3.63) is 58.6 Å². The van der Waals surface area contributed by atoms with Crippen LogP contribution in [0.2, 0.25) is 5.02 Å². The molecule has 0 saturated heterocycles. The van der Waals surface area contributed by atoms with Crippen LogP contribution in [0, 0.1) is 6.92 Å². The highest BCUT2D eigenvalue weighted by Crippen LogP contribution is 2.28. The summed E-state index contributed by atoms with van der Waals surface area (Å²) in [5.74, 6) is 0. The SMILES string of the molecule is Cc1ccc(CNc2c(N)cccc2Cl)cc1. The summed E-state index contributed by atoms with van der Waals surface area (Å²) in [5.41, 5.74) is 9.79. The van der Waals surface area contributed by atoms with Gasteiger partial charge in [0.15, 0.2) is 0 Å². The molecular formula is C14H15ClN2. The lowest BCUT2D eigenvalue weighted by atomic mass is 10.1. The first-order chi connectivity index (χ1) is 8.16. The van der Waals surface area contributed by atoms with Crippen molar-refractivity contribution in [1.82, 2.24) is 0 Å². The van der Waals surface area contributed by atoms with E-state index in [9.17, 15) is 0 Å². The number of benzene rings is 2. The van der Waals surface area contributed by atoms with Crippen molar-refractivity contribution < 1.29 is 0 Å². The molecule has 2 aromatic carbocycles. The standard InChI is InChI=1S/C14H15ClN2/c1-10-5-7-11(8-6-10)9-17-14-12(15)3-2-4-13(14)16/h2-8,17H,9,16H2,1H3. The second-order valence-corrected chi connectivity index (χ2v) is 4.45. The lowest BCUT2D eigenvalue weighted by molar-refractivity contribution is 1.15. The Morgan fingerprint density at radius 2 is 1.82 bits per heavy atom. The van der Waals surface area contributed by atoms with E-state index in [-0.39, 0.29) is 0 Å². The molecule has 0 aromatic heterocycles. The Morgan fingerprint density at radius 1 is 1.12 bits per heavy atom. The number of nitrogens with one attached hydrogen (secondary N) is 1. The second-order valence-electron chi connectivity index (χ2n) is 4.04. The van der Waals surface area contributed by atoms with E-state index < -0.39 is 0 Å². The Labute approximate surface area is 106 Å². The highest BCUT2D eigenvalue weighted by Gasteiger charge is 2.03. The number of hydrogen-bond acceptors (Lipinski definition) is 2. The van der Waals surface area contributed by atoms with Gasteiger partial charge in [0, 0.05) is 6.54 Å². The minimum Gasteiger partial charge on any atom is -0.397 e. The van der Waals surface area contributed by atoms with Crippen molar-refractivity contribution in [2.75, 3.05) is 11.1 Å². The van der Waals surface area contributed by atoms with Gasteiger partial charge in [-0.3, -0.25) is 0 Å².